The van der Waals surface area contributed by atoms with E-state index in [1.807, 2.05) is 57.2 Å². The molecule has 0 atom stereocenters. The first kappa shape index (κ1) is 13.3. The van der Waals surface area contributed by atoms with Crippen LogP contribution in [0, 0.1) is 13.8 Å². The van der Waals surface area contributed by atoms with Crippen LogP contribution in [0.4, 0.5) is 0 Å². The topological polar surface area (TPSA) is 32.9 Å². The van der Waals surface area contributed by atoms with Crippen LogP contribution in [0.1, 0.15) is 25.0 Å². The van der Waals surface area contributed by atoms with Gasteiger partial charge in [0.2, 0.25) is 0 Å². The first-order chi connectivity index (χ1) is 9.18. The summed E-state index contributed by atoms with van der Waals surface area (Å²) in [7, 11) is 0. The predicted molar refractivity (Wildman–Crippen MR) is 82.9 cm³/mol. The van der Waals surface area contributed by atoms with Gasteiger partial charge in [0.1, 0.15) is 0 Å². The fraction of sp³-hybridized carbons (Fsp3) is 0.235. The van der Waals surface area contributed by atoms with Crippen LogP contribution in [0.3, 0.4) is 0 Å². The van der Waals surface area contributed by atoms with Crippen molar-refractivity contribution in [3.05, 3.63) is 57.7 Å². The van der Waals surface area contributed by atoms with Crippen molar-refractivity contribution in [1.82, 2.24) is 4.98 Å². The molecule has 98 valence electrons. The second-order valence-electron chi connectivity index (χ2n) is 4.43. The van der Waals surface area contributed by atoms with Gasteiger partial charge >= 0.3 is 0 Å². The van der Waals surface area contributed by atoms with E-state index in [9.17, 15) is 4.79 Å². The fourth-order valence-corrected chi connectivity index (χ4v) is 2.24. The van der Waals surface area contributed by atoms with Gasteiger partial charge in [0.25, 0.3) is 0 Å². The molecule has 0 aliphatic rings. The van der Waals surface area contributed by atoms with Gasteiger partial charge in [-0.1, -0.05) is 32.0 Å². The number of hydrogen-bond acceptors (Lipinski definition) is 1. The lowest BCUT2D eigenvalue weighted by Crippen LogP contribution is -2.05. The molecule has 1 N–H and O–H groups in total. The molecule has 1 heterocycles. The quantitative estimate of drug-likeness (QED) is 0.594. The van der Waals surface area contributed by atoms with E-state index in [0.717, 1.165) is 27.4 Å². The smallest absolute Gasteiger partial charge is 0.197 e. The van der Waals surface area contributed by atoms with Gasteiger partial charge in [0.15, 0.2) is 5.43 Å². The molecule has 1 aromatic heterocycles. The first-order valence-electron chi connectivity index (χ1n) is 6.69. The van der Waals surface area contributed by atoms with Gasteiger partial charge in [-0.3, -0.25) is 4.79 Å². The number of aryl methyl sites for hydroxylation is 2. The van der Waals surface area contributed by atoms with Crippen molar-refractivity contribution < 1.29 is 0 Å². The van der Waals surface area contributed by atoms with Gasteiger partial charge in [-0.25, -0.2) is 0 Å². The Labute approximate surface area is 113 Å². The number of rotatable bonds is 0. The standard InChI is InChI=1S/C15H13NO.C2H6/c1-9-7-8-12-14(10(9)2)16-13-6-4-3-5-11(13)15(12)17;1-2/h3-8H,1-2H3,(H,16,17);1-2H3. The Morgan fingerprint density at radius 1 is 0.895 bits per heavy atom. The summed E-state index contributed by atoms with van der Waals surface area (Å²) in [6, 6.07) is 11.5. The normalized spacial score (nSPS) is 10.3. The summed E-state index contributed by atoms with van der Waals surface area (Å²) < 4.78 is 0. The summed E-state index contributed by atoms with van der Waals surface area (Å²) in [4.78, 5) is 15.7. The van der Waals surface area contributed by atoms with E-state index in [-0.39, 0.29) is 5.43 Å². The molecule has 0 saturated carbocycles. The number of hydrogen-bond donors (Lipinski definition) is 1. The third-order valence-corrected chi connectivity index (χ3v) is 3.41. The minimum absolute atomic E-state index is 0.109. The molecule has 0 spiro atoms. The number of aromatic amines is 1. The minimum atomic E-state index is 0.109. The first-order valence-corrected chi connectivity index (χ1v) is 6.69. The maximum absolute atomic E-state index is 12.3. The molecule has 0 bridgehead atoms. The highest BCUT2D eigenvalue weighted by Gasteiger charge is 2.07. The van der Waals surface area contributed by atoms with E-state index >= 15 is 0 Å². The number of aromatic nitrogens is 1. The van der Waals surface area contributed by atoms with Crippen molar-refractivity contribution in [1.29, 1.82) is 0 Å². The van der Waals surface area contributed by atoms with Gasteiger partial charge < -0.3 is 4.98 Å². The van der Waals surface area contributed by atoms with Gasteiger partial charge in [-0.15, -0.1) is 0 Å². The van der Waals surface area contributed by atoms with Crippen LogP contribution in [-0.2, 0) is 0 Å². The third kappa shape index (κ3) is 2.14. The summed E-state index contributed by atoms with van der Waals surface area (Å²) in [5.41, 5.74) is 4.30. The average molecular weight is 253 g/mol. The lowest BCUT2D eigenvalue weighted by atomic mass is 10.0. The Morgan fingerprint density at radius 2 is 1.58 bits per heavy atom. The number of benzene rings is 2. The van der Waals surface area contributed by atoms with Crippen molar-refractivity contribution in [3.8, 4) is 0 Å². The van der Waals surface area contributed by atoms with Crippen LogP contribution < -0.4 is 5.43 Å². The second-order valence-corrected chi connectivity index (χ2v) is 4.43. The molecule has 0 unspecified atom stereocenters. The molecule has 0 radical (unpaired) electrons. The van der Waals surface area contributed by atoms with Crippen LogP contribution >= 0.6 is 0 Å². The maximum atomic E-state index is 12.3. The van der Waals surface area contributed by atoms with Crippen molar-refractivity contribution in [2.75, 3.05) is 0 Å². The molecular formula is C17H19NO. The Balaban J connectivity index is 0.000000637. The molecule has 0 saturated heterocycles. The third-order valence-electron chi connectivity index (χ3n) is 3.41. The Hall–Kier alpha value is -2.09. The molecule has 3 rings (SSSR count). The predicted octanol–water partition coefficient (Wildman–Crippen LogP) is 4.32. The van der Waals surface area contributed by atoms with E-state index in [4.69, 9.17) is 0 Å². The number of pyridine rings is 1. The van der Waals surface area contributed by atoms with Crippen molar-refractivity contribution in [2.24, 2.45) is 0 Å². The highest BCUT2D eigenvalue weighted by atomic mass is 16.1. The molecular weight excluding hydrogens is 234 g/mol. The zero-order valence-corrected chi connectivity index (χ0v) is 11.9. The van der Waals surface area contributed by atoms with Crippen molar-refractivity contribution in [3.63, 3.8) is 0 Å². The van der Waals surface area contributed by atoms with E-state index in [2.05, 4.69) is 11.9 Å². The largest absolute Gasteiger partial charge is 0.354 e. The van der Waals surface area contributed by atoms with Crippen molar-refractivity contribution >= 4 is 21.8 Å². The molecule has 19 heavy (non-hydrogen) atoms. The molecule has 0 aliphatic carbocycles. The molecule has 0 aliphatic heterocycles. The summed E-state index contributed by atoms with van der Waals surface area (Å²) >= 11 is 0. The van der Waals surface area contributed by atoms with Crippen molar-refractivity contribution in [2.45, 2.75) is 27.7 Å². The Morgan fingerprint density at radius 3 is 2.32 bits per heavy atom. The van der Waals surface area contributed by atoms with Crippen LogP contribution in [0.25, 0.3) is 21.8 Å². The summed E-state index contributed by atoms with van der Waals surface area (Å²) in [5, 5.41) is 1.52. The molecule has 2 heteroatoms. The average Bonchev–Trinajstić information content (AvgIpc) is 2.46. The molecule has 0 fully saturated rings. The zero-order chi connectivity index (χ0) is 14.0. The number of nitrogens with one attached hydrogen (secondary N) is 1. The fourth-order valence-electron chi connectivity index (χ4n) is 2.24. The molecule has 2 nitrogen and oxygen atoms in total. The van der Waals surface area contributed by atoms with Gasteiger partial charge in [0, 0.05) is 16.3 Å². The number of para-hydroxylation sites is 1. The summed E-state index contributed by atoms with van der Waals surface area (Å²) in [6.45, 7) is 8.10. The summed E-state index contributed by atoms with van der Waals surface area (Å²) in [6.07, 6.45) is 0. The Kier molecular flexibility index (Phi) is 3.70. The minimum Gasteiger partial charge on any atom is -0.354 e. The highest BCUT2D eigenvalue weighted by Crippen LogP contribution is 2.20. The van der Waals surface area contributed by atoms with E-state index in [1.54, 1.807) is 0 Å². The van der Waals surface area contributed by atoms with Crippen LogP contribution in [0.5, 0.6) is 0 Å². The lowest BCUT2D eigenvalue weighted by molar-refractivity contribution is 1.33. The van der Waals surface area contributed by atoms with Crippen LogP contribution in [0.2, 0.25) is 0 Å². The number of H-pyrrole nitrogens is 1. The maximum Gasteiger partial charge on any atom is 0.197 e. The lowest BCUT2D eigenvalue weighted by Gasteiger charge is -2.07. The van der Waals surface area contributed by atoms with Crippen LogP contribution in [0.15, 0.2) is 41.2 Å². The van der Waals surface area contributed by atoms with Gasteiger partial charge in [0.05, 0.1) is 5.52 Å². The molecule has 3 aromatic rings. The monoisotopic (exact) mass is 253 g/mol. The number of fused-ring (bicyclic) bond motifs is 2. The van der Waals surface area contributed by atoms with E-state index < -0.39 is 0 Å². The molecule has 0 amide bonds. The highest BCUT2D eigenvalue weighted by molar-refractivity contribution is 5.94. The Bertz CT molecular complexity index is 784. The van der Waals surface area contributed by atoms with E-state index in [1.165, 1.54) is 5.56 Å². The van der Waals surface area contributed by atoms with E-state index in [0.29, 0.717) is 0 Å². The summed E-state index contributed by atoms with van der Waals surface area (Å²) in [5.74, 6) is 0. The molecule has 2 aromatic carbocycles. The zero-order valence-electron chi connectivity index (χ0n) is 11.9. The van der Waals surface area contributed by atoms with Crippen LogP contribution in [-0.4, -0.2) is 4.98 Å². The van der Waals surface area contributed by atoms with Gasteiger partial charge in [-0.2, -0.15) is 0 Å². The van der Waals surface area contributed by atoms with Gasteiger partial charge in [-0.05, 0) is 43.2 Å². The second kappa shape index (κ2) is 5.27. The SMILES string of the molecule is CC.Cc1ccc2c(=O)c3ccccc3[nH]c2c1C.